The van der Waals surface area contributed by atoms with E-state index in [2.05, 4.69) is 10.9 Å². The molecule has 0 saturated carbocycles. The van der Waals surface area contributed by atoms with Crippen molar-refractivity contribution in [2.45, 2.75) is 38.0 Å². The van der Waals surface area contributed by atoms with Crippen molar-refractivity contribution >= 4 is 33.2 Å². The number of sulfonamides is 1. The first-order valence-corrected chi connectivity index (χ1v) is 11.3. The fourth-order valence-corrected chi connectivity index (χ4v) is 4.82. The van der Waals surface area contributed by atoms with Crippen molar-refractivity contribution in [3.8, 4) is 0 Å². The SMILES string of the molecule is CCc1sc(C(=O)NNC(=O)CCCN(C)S(=O)(=O)c2ccc(F)cc2)cc1C. The third kappa shape index (κ3) is 6.09. The number of rotatable bonds is 8. The van der Waals surface area contributed by atoms with Crippen LogP contribution < -0.4 is 10.9 Å². The van der Waals surface area contributed by atoms with Crippen LogP contribution in [0.25, 0.3) is 0 Å². The standard InChI is InChI=1S/C19H24FN3O4S2/c1-4-16-13(2)12-17(28-16)19(25)22-21-18(24)6-5-11-23(3)29(26,27)15-9-7-14(20)8-10-15/h7-10,12H,4-6,11H2,1-3H3,(H,21,24)(H,22,25). The monoisotopic (exact) mass is 441 g/mol. The second-order valence-electron chi connectivity index (χ2n) is 6.46. The summed E-state index contributed by atoms with van der Waals surface area (Å²) in [7, 11) is -2.36. The van der Waals surface area contributed by atoms with Gasteiger partial charge >= 0.3 is 0 Å². The molecular formula is C19H24FN3O4S2. The van der Waals surface area contributed by atoms with Gasteiger partial charge in [0.15, 0.2) is 0 Å². The van der Waals surface area contributed by atoms with Gasteiger partial charge in [-0.25, -0.2) is 17.1 Å². The first-order valence-electron chi connectivity index (χ1n) is 9.05. The predicted octanol–water partition coefficient (Wildman–Crippen LogP) is 2.62. The number of hydrogen-bond acceptors (Lipinski definition) is 5. The third-order valence-electron chi connectivity index (χ3n) is 4.28. The number of nitrogens with zero attached hydrogens (tertiary/aromatic N) is 1. The number of hydrazine groups is 1. The molecule has 0 aliphatic rings. The van der Waals surface area contributed by atoms with Crippen molar-refractivity contribution in [3.05, 3.63) is 51.5 Å². The van der Waals surface area contributed by atoms with Gasteiger partial charge in [-0.1, -0.05) is 6.92 Å². The highest BCUT2D eigenvalue weighted by atomic mass is 32.2. The Bertz CT molecular complexity index is 972. The van der Waals surface area contributed by atoms with E-state index in [0.717, 1.165) is 33.3 Å². The lowest BCUT2D eigenvalue weighted by Crippen LogP contribution is -2.41. The molecule has 0 bridgehead atoms. The molecular weight excluding hydrogens is 417 g/mol. The number of halogens is 1. The van der Waals surface area contributed by atoms with Gasteiger partial charge in [-0.15, -0.1) is 11.3 Å². The second kappa shape index (κ2) is 9.95. The van der Waals surface area contributed by atoms with Crippen molar-refractivity contribution in [2.24, 2.45) is 0 Å². The molecule has 0 fully saturated rings. The average Bonchev–Trinajstić information content (AvgIpc) is 3.07. The fraction of sp³-hybridized carbons (Fsp3) is 0.368. The van der Waals surface area contributed by atoms with Crippen LogP contribution in [-0.4, -0.2) is 38.1 Å². The molecule has 2 amide bonds. The van der Waals surface area contributed by atoms with Crippen LogP contribution in [0.3, 0.4) is 0 Å². The van der Waals surface area contributed by atoms with Gasteiger partial charge in [0.25, 0.3) is 5.91 Å². The number of hydrogen-bond donors (Lipinski definition) is 2. The van der Waals surface area contributed by atoms with Crippen molar-refractivity contribution in [2.75, 3.05) is 13.6 Å². The van der Waals surface area contributed by atoms with Crippen molar-refractivity contribution in [3.63, 3.8) is 0 Å². The summed E-state index contributed by atoms with van der Waals surface area (Å²) in [5.41, 5.74) is 5.75. The molecule has 0 saturated heterocycles. The van der Waals surface area contributed by atoms with Gasteiger partial charge in [-0.3, -0.25) is 20.4 Å². The lowest BCUT2D eigenvalue weighted by atomic mass is 10.2. The Morgan fingerprint density at radius 1 is 1.17 bits per heavy atom. The normalized spacial score (nSPS) is 11.5. The summed E-state index contributed by atoms with van der Waals surface area (Å²) in [5.74, 6) is -1.33. The molecule has 0 spiro atoms. The molecule has 1 aromatic heterocycles. The van der Waals surface area contributed by atoms with E-state index >= 15 is 0 Å². The average molecular weight is 442 g/mol. The fourth-order valence-electron chi connectivity index (χ4n) is 2.60. The molecule has 0 unspecified atom stereocenters. The van der Waals surface area contributed by atoms with Crippen LogP contribution in [0.2, 0.25) is 0 Å². The van der Waals surface area contributed by atoms with Gasteiger partial charge in [-0.2, -0.15) is 0 Å². The maximum atomic E-state index is 13.0. The Hall–Kier alpha value is -2.30. The van der Waals surface area contributed by atoms with Crippen LogP contribution in [0.5, 0.6) is 0 Å². The highest BCUT2D eigenvalue weighted by Gasteiger charge is 2.20. The zero-order valence-corrected chi connectivity index (χ0v) is 18.1. The van der Waals surface area contributed by atoms with Gasteiger partial charge in [-0.05, 0) is 55.7 Å². The molecule has 158 valence electrons. The van der Waals surface area contributed by atoms with Crippen LogP contribution in [0, 0.1) is 12.7 Å². The van der Waals surface area contributed by atoms with Crippen LogP contribution in [-0.2, 0) is 21.2 Å². The van der Waals surface area contributed by atoms with Crippen molar-refractivity contribution in [1.29, 1.82) is 0 Å². The molecule has 0 radical (unpaired) electrons. The molecule has 2 N–H and O–H groups in total. The molecule has 1 aromatic carbocycles. The molecule has 0 aliphatic heterocycles. The summed E-state index contributed by atoms with van der Waals surface area (Å²) < 4.78 is 38.9. The molecule has 2 rings (SSSR count). The Kier molecular flexibility index (Phi) is 7.88. The van der Waals surface area contributed by atoms with E-state index in [1.54, 1.807) is 6.07 Å². The minimum atomic E-state index is -3.75. The summed E-state index contributed by atoms with van der Waals surface area (Å²) in [6.07, 6.45) is 1.13. The lowest BCUT2D eigenvalue weighted by molar-refractivity contribution is -0.122. The number of thiophene rings is 1. The second-order valence-corrected chi connectivity index (χ2v) is 9.64. The molecule has 2 aromatic rings. The minimum Gasteiger partial charge on any atom is -0.273 e. The van der Waals surface area contributed by atoms with Gasteiger partial charge in [0.05, 0.1) is 9.77 Å². The summed E-state index contributed by atoms with van der Waals surface area (Å²) in [5, 5.41) is 0. The smallest absolute Gasteiger partial charge is 0.273 e. The van der Waals surface area contributed by atoms with E-state index in [4.69, 9.17) is 0 Å². The van der Waals surface area contributed by atoms with Gasteiger partial charge in [0.2, 0.25) is 15.9 Å². The van der Waals surface area contributed by atoms with Gasteiger partial charge < -0.3 is 0 Å². The zero-order chi connectivity index (χ0) is 21.6. The maximum Gasteiger partial charge on any atom is 0.279 e. The first kappa shape index (κ1) is 23.0. The Labute approximate surface area is 173 Å². The minimum absolute atomic E-state index is 0.0178. The lowest BCUT2D eigenvalue weighted by Gasteiger charge is -2.17. The molecule has 10 heteroatoms. The van der Waals surface area contributed by atoms with E-state index in [-0.39, 0.29) is 30.2 Å². The van der Waals surface area contributed by atoms with E-state index < -0.39 is 21.7 Å². The number of carbonyl (C=O) groups excluding carboxylic acids is 2. The van der Waals surface area contributed by atoms with E-state index in [0.29, 0.717) is 4.88 Å². The predicted molar refractivity (Wildman–Crippen MR) is 109 cm³/mol. The number of amides is 2. The van der Waals surface area contributed by atoms with Crippen LogP contribution in [0.15, 0.2) is 35.2 Å². The zero-order valence-electron chi connectivity index (χ0n) is 16.5. The summed E-state index contributed by atoms with van der Waals surface area (Å²) in [6, 6.07) is 6.32. The van der Waals surface area contributed by atoms with Crippen LogP contribution in [0.4, 0.5) is 4.39 Å². The Morgan fingerprint density at radius 3 is 2.41 bits per heavy atom. The molecule has 29 heavy (non-hydrogen) atoms. The molecule has 0 atom stereocenters. The van der Waals surface area contributed by atoms with Gasteiger partial charge in [0, 0.05) is 24.9 Å². The van der Waals surface area contributed by atoms with Crippen molar-refractivity contribution < 1.29 is 22.4 Å². The van der Waals surface area contributed by atoms with E-state index in [1.807, 2.05) is 13.8 Å². The molecule has 7 nitrogen and oxygen atoms in total. The number of carbonyl (C=O) groups is 2. The highest BCUT2D eigenvalue weighted by molar-refractivity contribution is 7.89. The number of aryl methyl sites for hydroxylation is 2. The topological polar surface area (TPSA) is 95.6 Å². The first-order chi connectivity index (χ1) is 13.6. The number of nitrogens with one attached hydrogen (secondary N) is 2. The third-order valence-corrected chi connectivity index (χ3v) is 7.53. The highest BCUT2D eigenvalue weighted by Crippen LogP contribution is 2.22. The van der Waals surface area contributed by atoms with Crippen LogP contribution >= 0.6 is 11.3 Å². The summed E-state index contributed by atoms with van der Waals surface area (Å²) in [6.45, 7) is 4.04. The Morgan fingerprint density at radius 2 is 1.83 bits per heavy atom. The summed E-state index contributed by atoms with van der Waals surface area (Å²) >= 11 is 1.38. The molecule has 0 aliphatic carbocycles. The van der Waals surface area contributed by atoms with Crippen LogP contribution in [0.1, 0.15) is 39.9 Å². The maximum absolute atomic E-state index is 13.0. The quantitative estimate of drug-likeness (QED) is 0.616. The van der Waals surface area contributed by atoms with E-state index in [9.17, 15) is 22.4 Å². The van der Waals surface area contributed by atoms with Gasteiger partial charge in [0.1, 0.15) is 5.82 Å². The number of benzene rings is 1. The summed E-state index contributed by atoms with van der Waals surface area (Å²) in [4.78, 5) is 25.6. The largest absolute Gasteiger partial charge is 0.279 e. The Balaban J connectivity index is 1.78. The van der Waals surface area contributed by atoms with E-state index in [1.165, 1.54) is 30.5 Å². The van der Waals surface area contributed by atoms with Crippen molar-refractivity contribution in [1.82, 2.24) is 15.2 Å². The molecule has 1 heterocycles.